The van der Waals surface area contributed by atoms with E-state index in [0.717, 1.165) is 12.1 Å². The lowest BCUT2D eigenvalue weighted by atomic mass is 10.0. The van der Waals surface area contributed by atoms with Gasteiger partial charge >= 0.3 is 0 Å². The van der Waals surface area contributed by atoms with Crippen LogP contribution in [0.3, 0.4) is 0 Å². The monoisotopic (exact) mass is 453 g/mol. The maximum absolute atomic E-state index is 14.4. The van der Waals surface area contributed by atoms with Crippen molar-refractivity contribution in [2.45, 2.75) is 38.9 Å². The van der Waals surface area contributed by atoms with Crippen molar-refractivity contribution in [2.24, 2.45) is 7.05 Å². The highest BCUT2D eigenvalue weighted by Gasteiger charge is 2.32. The molecule has 0 amide bonds. The molecule has 1 saturated heterocycles. The first kappa shape index (κ1) is 22.3. The van der Waals surface area contributed by atoms with Gasteiger partial charge in [-0.05, 0) is 37.6 Å². The van der Waals surface area contributed by atoms with Crippen LogP contribution in [0.15, 0.2) is 41.2 Å². The van der Waals surface area contributed by atoms with Gasteiger partial charge in [0.05, 0.1) is 11.2 Å². The van der Waals surface area contributed by atoms with Crippen LogP contribution in [0.5, 0.6) is 0 Å². The first-order valence-corrected chi connectivity index (χ1v) is 11.1. The normalized spacial score (nSPS) is 19.3. The molecule has 0 radical (unpaired) electrons. The van der Waals surface area contributed by atoms with Gasteiger partial charge in [-0.2, -0.15) is 5.26 Å². The van der Waals surface area contributed by atoms with E-state index in [-0.39, 0.29) is 23.5 Å². The molecule has 4 rings (SSSR count). The van der Waals surface area contributed by atoms with Gasteiger partial charge in [0.15, 0.2) is 0 Å². The van der Waals surface area contributed by atoms with Crippen molar-refractivity contribution in [1.29, 1.82) is 5.26 Å². The fraction of sp³-hybridized carbons (Fsp3) is 0.375. The van der Waals surface area contributed by atoms with Gasteiger partial charge in [-0.3, -0.25) is 9.69 Å². The number of hydrogen-bond donors (Lipinski definition) is 0. The molecule has 32 heavy (non-hydrogen) atoms. The summed E-state index contributed by atoms with van der Waals surface area (Å²) in [6.07, 6.45) is 0.873. The van der Waals surface area contributed by atoms with Crippen LogP contribution in [0.1, 0.15) is 31.5 Å². The number of nitrogens with zero attached hydrogens (tertiary/aromatic N) is 5. The van der Waals surface area contributed by atoms with Gasteiger partial charge in [-0.25, -0.2) is 9.37 Å². The Balaban J connectivity index is 1.70. The van der Waals surface area contributed by atoms with Crippen molar-refractivity contribution < 1.29 is 4.39 Å². The molecule has 1 aliphatic rings. The number of pyridine rings is 2. The molecule has 0 saturated carbocycles. The highest BCUT2D eigenvalue weighted by Crippen LogP contribution is 2.30. The quantitative estimate of drug-likeness (QED) is 0.595. The average molecular weight is 454 g/mol. The summed E-state index contributed by atoms with van der Waals surface area (Å²) in [6, 6.07) is 12.1. The molecule has 166 valence electrons. The SMILES string of the molecule is CC[C@@H]1CN(c2cc(=O)n(C)c3ccc(C#N)nc23)[C@@H](C)CN1Cc1ccc(Cl)cc1F. The summed E-state index contributed by atoms with van der Waals surface area (Å²) in [5.74, 6) is -0.298. The maximum atomic E-state index is 14.4. The summed E-state index contributed by atoms with van der Waals surface area (Å²) < 4.78 is 16.0. The van der Waals surface area contributed by atoms with E-state index in [0.29, 0.717) is 46.9 Å². The predicted octanol–water partition coefficient (Wildman–Crippen LogP) is 4.09. The van der Waals surface area contributed by atoms with Crippen LogP contribution in [0.2, 0.25) is 5.02 Å². The van der Waals surface area contributed by atoms with Crippen molar-refractivity contribution in [3.63, 3.8) is 0 Å². The molecule has 0 aliphatic carbocycles. The van der Waals surface area contributed by atoms with E-state index in [1.807, 2.05) is 0 Å². The van der Waals surface area contributed by atoms with E-state index in [2.05, 4.69) is 34.7 Å². The third-order valence-corrected chi connectivity index (χ3v) is 6.54. The maximum Gasteiger partial charge on any atom is 0.252 e. The van der Waals surface area contributed by atoms with Gasteiger partial charge in [0.1, 0.15) is 23.1 Å². The molecule has 0 unspecified atom stereocenters. The van der Waals surface area contributed by atoms with Crippen molar-refractivity contribution in [2.75, 3.05) is 18.0 Å². The summed E-state index contributed by atoms with van der Waals surface area (Å²) >= 11 is 5.91. The number of aromatic nitrogens is 2. The van der Waals surface area contributed by atoms with Crippen molar-refractivity contribution >= 4 is 28.3 Å². The number of aryl methyl sites for hydroxylation is 1. The second-order valence-electron chi connectivity index (χ2n) is 8.33. The van der Waals surface area contributed by atoms with Gasteiger partial charge in [-0.15, -0.1) is 0 Å². The molecule has 3 aromatic rings. The Labute approximate surface area is 191 Å². The minimum atomic E-state index is -0.298. The lowest BCUT2D eigenvalue weighted by molar-refractivity contribution is 0.141. The summed E-state index contributed by atoms with van der Waals surface area (Å²) in [5.41, 5.74) is 2.89. The molecule has 2 aromatic heterocycles. The zero-order chi connectivity index (χ0) is 23.0. The third kappa shape index (κ3) is 4.08. The number of hydrogen-bond acceptors (Lipinski definition) is 5. The fourth-order valence-corrected chi connectivity index (χ4v) is 4.65. The number of fused-ring (bicyclic) bond motifs is 1. The first-order chi connectivity index (χ1) is 15.3. The summed E-state index contributed by atoms with van der Waals surface area (Å²) in [5, 5.41) is 9.72. The Kier molecular flexibility index (Phi) is 6.18. The van der Waals surface area contributed by atoms with Crippen molar-refractivity contribution in [1.82, 2.24) is 14.5 Å². The van der Waals surface area contributed by atoms with Gasteiger partial charge in [-0.1, -0.05) is 24.6 Å². The molecule has 6 nitrogen and oxygen atoms in total. The molecule has 0 N–H and O–H groups in total. The van der Waals surface area contributed by atoms with Crippen LogP contribution in [-0.4, -0.2) is 39.6 Å². The molecule has 2 atom stereocenters. The summed E-state index contributed by atoms with van der Waals surface area (Å²) in [6.45, 7) is 6.07. The van der Waals surface area contributed by atoms with Crippen LogP contribution in [-0.2, 0) is 13.6 Å². The van der Waals surface area contributed by atoms with Crippen LogP contribution in [0.25, 0.3) is 11.0 Å². The zero-order valence-electron chi connectivity index (χ0n) is 18.3. The summed E-state index contributed by atoms with van der Waals surface area (Å²) in [7, 11) is 1.71. The van der Waals surface area contributed by atoms with Gasteiger partial charge in [0.25, 0.3) is 5.56 Å². The van der Waals surface area contributed by atoms with E-state index in [9.17, 15) is 14.4 Å². The Morgan fingerprint density at radius 3 is 2.72 bits per heavy atom. The predicted molar refractivity (Wildman–Crippen MR) is 124 cm³/mol. The smallest absolute Gasteiger partial charge is 0.252 e. The van der Waals surface area contributed by atoms with Gasteiger partial charge in [0, 0.05) is 55.4 Å². The average Bonchev–Trinajstić information content (AvgIpc) is 2.78. The number of anilines is 1. The molecular formula is C24H25ClFN5O. The zero-order valence-corrected chi connectivity index (χ0v) is 19.1. The van der Waals surface area contributed by atoms with E-state index >= 15 is 0 Å². The lowest BCUT2D eigenvalue weighted by Gasteiger charge is -2.46. The molecule has 3 heterocycles. The van der Waals surface area contributed by atoms with E-state index < -0.39 is 0 Å². The van der Waals surface area contributed by atoms with Crippen LogP contribution >= 0.6 is 11.6 Å². The Morgan fingerprint density at radius 2 is 2.03 bits per heavy atom. The molecule has 0 bridgehead atoms. The fourth-order valence-electron chi connectivity index (χ4n) is 4.49. The van der Waals surface area contributed by atoms with Crippen LogP contribution < -0.4 is 10.5 Å². The molecule has 1 aliphatic heterocycles. The van der Waals surface area contributed by atoms with E-state index in [4.69, 9.17) is 11.6 Å². The minimum Gasteiger partial charge on any atom is -0.364 e. The Morgan fingerprint density at radius 1 is 1.25 bits per heavy atom. The van der Waals surface area contributed by atoms with Crippen molar-refractivity contribution in [3.05, 3.63) is 68.8 Å². The van der Waals surface area contributed by atoms with E-state index in [1.165, 1.54) is 6.07 Å². The topological polar surface area (TPSA) is 65.2 Å². The van der Waals surface area contributed by atoms with Crippen LogP contribution in [0, 0.1) is 17.1 Å². The van der Waals surface area contributed by atoms with E-state index in [1.54, 1.807) is 41.9 Å². The number of rotatable bonds is 4. The summed E-state index contributed by atoms with van der Waals surface area (Å²) in [4.78, 5) is 21.7. The largest absolute Gasteiger partial charge is 0.364 e. The molecule has 8 heteroatoms. The third-order valence-electron chi connectivity index (χ3n) is 6.31. The molecule has 1 aromatic carbocycles. The second kappa shape index (κ2) is 8.89. The second-order valence-corrected chi connectivity index (χ2v) is 8.77. The number of benzene rings is 1. The van der Waals surface area contributed by atoms with Crippen LogP contribution in [0.4, 0.5) is 10.1 Å². The molecule has 1 fully saturated rings. The number of piperazine rings is 1. The Hall–Kier alpha value is -2.95. The first-order valence-electron chi connectivity index (χ1n) is 10.7. The van der Waals surface area contributed by atoms with Crippen molar-refractivity contribution in [3.8, 4) is 6.07 Å². The highest BCUT2D eigenvalue weighted by molar-refractivity contribution is 6.30. The highest BCUT2D eigenvalue weighted by atomic mass is 35.5. The van der Waals surface area contributed by atoms with Gasteiger partial charge in [0.2, 0.25) is 0 Å². The standard InChI is InChI=1S/C24H25ClFN5O/c1-4-19-14-31(15(2)12-30(19)13-16-5-6-17(25)9-20(16)26)22-10-23(32)29(3)21-8-7-18(11-27)28-24(21)22/h5-10,15,19H,4,12-14H2,1-3H3/t15-,19+/m0/s1. The molecular weight excluding hydrogens is 429 g/mol. The minimum absolute atomic E-state index is 0.0657. The number of nitriles is 1. The number of halogens is 2. The van der Waals surface area contributed by atoms with Gasteiger partial charge < -0.3 is 9.47 Å². The Bertz CT molecular complexity index is 1270. The molecule has 0 spiro atoms. The lowest BCUT2D eigenvalue weighted by Crippen LogP contribution is -2.57.